The van der Waals surface area contributed by atoms with E-state index >= 15 is 0 Å². The Kier molecular flexibility index (Phi) is 4.62. The molecule has 0 bridgehead atoms. The summed E-state index contributed by atoms with van der Waals surface area (Å²) in [7, 11) is 0. The monoisotopic (exact) mass is 253 g/mol. The van der Waals surface area contributed by atoms with Crippen LogP contribution in [-0.2, 0) is 4.79 Å². The summed E-state index contributed by atoms with van der Waals surface area (Å²) >= 11 is 0. The smallest absolute Gasteiger partial charge is 0.222 e. The van der Waals surface area contributed by atoms with E-state index in [1.807, 2.05) is 4.90 Å². The average molecular weight is 253 g/mol. The Bertz CT molecular complexity index is 293. The molecule has 2 heterocycles. The Morgan fingerprint density at radius 1 is 1.33 bits per heavy atom. The zero-order valence-corrected chi connectivity index (χ0v) is 12.0. The summed E-state index contributed by atoms with van der Waals surface area (Å²) in [5.74, 6) is 0.332. The van der Waals surface area contributed by atoms with Crippen molar-refractivity contribution in [2.24, 2.45) is 0 Å². The second kappa shape index (κ2) is 6.02. The lowest BCUT2D eigenvalue weighted by molar-refractivity contribution is -0.127. The molecule has 0 radical (unpaired) electrons. The largest absolute Gasteiger partial charge is 0.341 e. The van der Waals surface area contributed by atoms with Crippen LogP contribution in [0.4, 0.5) is 0 Å². The third kappa shape index (κ3) is 3.45. The predicted molar refractivity (Wildman–Crippen MR) is 73.5 cm³/mol. The van der Waals surface area contributed by atoms with Crippen molar-refractivity contribution in [1.29, 1.82) is 0 Å². The summed E-state index contributed by atoms with van der Waals surface area (Å²) in [4.78, 5) is 16.1. The molecule has 1 amide bonds. The van der Waals surface area contributed by atoms with Crippen LogP contribution < -0.4 is 5.32 Å². The molecule has 0 aliphatic carbocycles. The van der Waals surface area contributed by atoms with Crippen molar-refractivity contribution < 1.29 is 4.79 Å². The minimum absolute atomic E-state index is 0.332. The fraction of sp³-hybridized carbons (Fsp3) is 0.929. The molecule has 1 N–H and O–H groups in total. The third-order valence-corrected chi connectivity index (χ3v) is 4.14. The highest BCUT2D eigenvalue weighted by molar-refractivity contribution is 5.78. The molecule has 2 fully saturated rings. The molecule has 104 valence electrons. The van der Waals surface area contributed by atoms with Crippen molar-refractivity contribution >= 4 is 5.91 Å². The molecule has 2 aliphatic rings. The van der Waals surface area contributed by atoms with Gasteiger partial charge in [-0.3, -0.25) is 9.69 Å². The van der Waals surface area contributed by atoms with Crippen molar-refractivity contribution in [3.05, 3.63) is 0 Å². The highest BCUT2D eigenvalue weighted by atomic mass is 16.2. The first kappa shape index (κ1) is 13.8. The number of carbonyl (C=O) groups is 1. The number of hydrogen-bond donors (Lipinski definition) is 1. The minimum Gasteiger partial charge on any atom is -0.341 e. The van der Waals surface area contributed by atoms with Crippen molar-refractivity contribution in [3.8, 4) is 0 Å². The van der Waals surface area contributed by atoms with Crippen LogP contribution in [0.3, 0.4) is 0 Å². The van der Waals surface area contributed by atoms with E-state index in [-0.39, 0.29) is 0 Å². The summed E-state index contributed by atoms with van der Waals surface area (Å²) in [6.07, 6.45) is 3.02. The van der Waals surface area contributed by atoms with Crippen molar-refractivity contribution in [3.63, 3.8) is 0 Å². The van der Waals surface area contributed by atoms with E-state index in [1.54, 1.807) is 0 Å². The van der Waals surface area contributed by atoms with Crippen molar-refractivity contribution in [2.45, 2.75) is 58.2 Å². The van der Waals surface area contributed by atoms with E-state index in [4.69, 9.17) is 0 Å². The molecule has 0 spiro atoms. The Labute approximate surface area is 111 Å². The fourth-order valence-corrected chi connectivity index (χ4v) is 3.08. The van der Waals surface area contributed by atoms with Crippen LogP contribution in [-0.4, -0.2) is 60.0 Å². The first-order valence-corrected chi connectivity index (χ1v) is 7.34. The average Bonchev–Trinajstić information content (AvgIpc) is 2.89. The molecule has 0 saturated carbocycles. The lowest BCUT2D eigenvalue weighted by Crippen LogP contribution is -2.45. The third-order valence-electron chi connectivity index (χ3n) is 4.14. The number of likely N-dealkylation sites (tertiary alicyclic amines) is 2. The Balaban J connectivity index is 1.71. The highest BCUT2D eigenvalue weighted by Crippen LogP contribution is 2.14. The second-order valence-electron chi connectivity index (χ2n) is 6.09. The van der Waals surface area contributed by atoms with Crippen LogP contribution in [0.2, 0.25) is 0 Å². The van der Waals surface area contributed by atoms with E-state index in [0.717, 1.165) is 32.5 Å². The van der Waals surface area contributed by atoms with Gasteiger partial charge < -0.3 is 10.2 Å². The van der Waals surface area contributed by atoms with Gasteiger partial charge in [0.1, 0.15) is 0 Å². The Morgan fingerprint density at radius 3 is 2.67 bits per heavy atom. The van der Waals surface area contributed by atoms with Gasteiger partial charge in [-0.05, 0) is 40.2 Å². The maximum absolute atomic E-state index is 11.6. The van der Waals surface area contributed by atoms with Gasteiger partial charge in [-0.1, -0.05) is 0 Å². The minimum atomic E-state index is 0.332. The summed E-state index contributed by atoms with van der Waals surface area (Å²) in [6.45, 7) is 10.9. The summed E-state index contributed by atoms with van der Waals surface area (Å²) < 4.78 is 0. The van der Waals surface area contributed by atoms with Crippen LogP contribution in [0.5, 0.6) is 0 Å². The maximum atomic E-state index is 11.6. The van der Waals surface area contributed by atoms with Crippen LogP contribution in [0.25, 0.3) is 0 Å². The van der Waals surface area contributed by atoms with Gasteiger partial charge in [-0.2, -0.15) is 0 Å². The summed E-state index contributed by atoms with van der Waals surface area (Å²) in [5, 5.41) is 3.68. The van der Waals surface area contributed by atoms with Crippen LogP contribution in [0, 0.1) is 0 Å². The van der Waals surface area contributed by atoms with Crippen LogP contribution in [0.1, 0.15) is 40.0 Å². The second-order valence-corrected chi connectivity index (χ2v) is 6.09. The zero-order valence-electron chi connectivity index (χ0n) is 12.0. The quantitative estimate of drug-likeness (QED) is 0.796. The maximum Gasteiger partial charge on any atom is 0.222 e. The van der Waals surface area contributed by atoms with E-state index in [1.165, 1.54) is 13.0 Å². The van der Waals surface area contributed by atoms with Gasteiger partial charge >= 0.3 is 0 Å². The highest BCUT2D eigenvalue weighted by Gasteiger charge is 2.27. The standard InChI is InChI=1S/C14H27N3O/c1-11(2)16-8-6-13(10-16)15-12(3)9-17-7-4-5-14(17)18/h11-13,15H,4-10H2,1-3H3. The number of carbonyl (C=O) groups excluding carboxylic acids is 1. The molecule has 4 heteroatoms. The number of hydrogen-bond acceptors (Lipinski definition) is 3. The molecule has 2 unspecified atom stereocenters. The zero-order chi connectivity index (χ0) is 13.1. The fourth-order valence-electron chi connectivity index (χ4n) is 3.08. The van der Waals surface area contributed by atoms with Gasteiger partial charge in [0.25, 0.3) is 0 Å². The van der Waals surface area contributed by atoms with Gasteiger partial charge in [0.05, 0.1) is 0 Å². The van der Waals surface area contributed by atoms with E-state index < -0.39 is 0 Å². The first-order valence-electron chi connectivity index (χ1n) is 7.34. The molecular formula is C14H27N3O. The molecule has 2 saturated heterocycles. The number of amides is 1. The van der Waals surface area contributed by atoms with E-state index in [0.29, 0.717) is 24.0 Å². The first-order chi connectivity index (χ1) is 8.56. The van der Waals surface area contributed by atoms with Gasteiger partial charge in [-0.15, -0.1) is 0 Å². The van der Waals surface area contributed by atoms with Crippen molar-refractivity contribution in [2.75, 3.05) is 26.2 Å². The predicted octanol–water partition coefficient (Wildman–Crippen LogP) is 1.07. The number of nitrogens with zero attached hydrogens (tertiary/aromatic N) is 2. The molecule has 0 aromatic rings. The van der Waals surface area contributed by atoms with Crippen molar-refractivity contribution in [1.82, 2.24) is 15.1 Å². The van der Waals surface area contributed by atoms with Gasteiger partial charge in [0, 0.05) is 44.2 Å². The lowest BCUT2D eigenvalue weighted by Gasteiger charge is -2.25. The molecule has 2 rings (SSSR count). The summed E-state index contributed by atoms with van der Waals surface area (Å²) in [6, 6.07) is 1.65. The number of nitrogens with one attached hydrogen (secondary N) is 1. The number of rotatable bonds is 5. The van der Waals surface area contributed by atoms with E-state index in [2.05, 4.69) is 31.0 Å². The molecular weight excluding hydrogens is 226 g/mol. The lowest BCUT2D eigenvalue weighted by atomic mass is 10.2. The van der Waals surface area contributed by atoms with Crippen LogP contribution >= 0.6 is 0 Å². The topological polar surface area (TPSA) is 35.6 Å². The molecule has 0 aromatic carbocycles. The van der Waals surface area contributed by atoms with Crippen LogP contribution in [0.15, 0.2) is 0 Å². The molecule has 18 heavy (non-hydrogen) atoms. The Morgan fingerprint density at radius 2 is 2.11 bits per heavy atom. The normalized spacial score (nSPS) is 27.4. The Hall–Kier alpha value is -0.610. The molecule has 4 nitrogen and oxygen atoms in total. The van der Waals surface area contributed by atoms with E-state index in [9.17, 15) is 4.79 Å². The van der Waals surface area contributed by atoms with Gasteiger partial charge in [0.2, 0.25) is 5.91 Å². The molecule has 2 aliphatic heterocycles. The SMILES string of the molecule is CC(CN1CCCC1=O)NC1CCN(C(C)C)C1. The summed E-state index contributed by atoms with van der Waals surface area (Å²) in [5.41, 5.74) is 0. The van der Waals surface area contributed by atoms with Gasteiger partial charge in [0.15, 0.2) is 0 Å². The molecule has 2 atom stereocenters. The molecule has 0 aromatic heterocycles. The van der Waals surface area contributed by atoms with Gasteiger partial charge in [-0.25, -0.2) is 0 Å².